The number of aromatic nitrogens is 3. The van der Waals surface area contributed by atoms with Crippen LogP contribution in [-0.4, -0.2) is 25.8 Å². The van der Waals surface area contributed by atoms with Crippen LogP contribution < -0.4 is 16.2 Å². The second-order valence-electron chi connectivity index (χ2n) is 7.29. The average Bonchev–Trinajstić information content (AvgIpc) is 2.87. The molecule has 0 atom stereocenters. The van der Waals surface area contributed by atoms with Crippen molar-refractivity contribution in [1.29, 1.82) is 0 Å². The van der Waals surface area contributed by atoms with Gasteiger partial charge in [0.2, 0.25) is 11.6 Å². The van der Waals surface area contributed by atoms with Crippen LogP contribution in [0, 0.1) is 10.1 Å². The summed E-state index contributed by atoms with van der Waals surface area (Å²) in [5.41, 5.74) is 6.25. The van der Waals surface area contributed by atoms with E-state index in [1.807, 2.05) is 48.5 Å². The molecular formula is C24H17N7O3. The van der Waals surface area contributed by atoms with Crippen molar-refractivity contribution in [1.82, 2.24) is 20.4 Å². The number of hydrogen-bond donors (Lipinski definition) is 3. The van der Waals surface area contributed by atoms with Crippen LogP contribution in [0.5, 0.6) is 0 Å². The van der Waals surface area contributed by atoms with Crippen LogP contribution >= 0.6 is 0 Å². The van der Waals surface area contributed by atoms with Crippen LogP contribution in [0.25, 0.3) is 21.7 Å². The van der Waals surface area contributed by atoms with Crippen LogP contribution in [-0.2, 0) is 0 Å². The summed E-state index contributed by atoms with van der Waals surface area (Å²) in [4.78, 5) is 36.5. The van der Waals surface area contributed by atoms with Crippen molar-refractivity contribution in [3.63, 3.8) is 0 Å². The summed E-state index contributed by atoms with van der Waals surface area (Å²) in [7, 11) is 0. The maximum Gasteiger partial charge on any atom is 0.355 e. The smallest absolute Gasteiger partial charge is 0.332 e. The Bertz CT molecular complexity index is 1540. The lowest BCUT2D eigenvalue weighted by molar-refractivity contribution is -0.383. The molecule has 0 aliphatic heterocycles. The molecule has 0 saturated carbocycles. The highest BCUT2D eigenvalue weighted by atomic mass is 16.6. The van der Waals surface area contributed by atoms with Gasteiger partial charge in [-0.3, -0.25) is 30.7 Å². The molecule has 34 heavy (non-hydrogen) atoms. The lowest BCUT2D eigenvalue weighted by Crippen LogP contribution is -2.30. The van der Waals surface area contributed by atoms with Gasteiger partial charge in [-0.2, -0.15) is 0 Å². The molecule has 0 spiro atoms. The van der Waals surface area contributed by atoms with Crippen LogP contribution in [0.15, 0.2) is 85.3 Å². The first kappa shape index (κ1) is 20.8. The molecule has 10 nitrogen and oxygen atoms in total. The van der Waals surface area contributed by atoms with Gasteiger partial charge in [0.05, 0.1) is 16.1 Å². The summed E-state index contributed by atoms with van der Waals surface area (Å²) in [6, 6.07) is 21.9. The molecule has 0 fully saturated rings. The van der Waals surface area contributed by atoms with E-state index in [1.54, 1.807) is 30.5 Å². The van der Waals surface area contributed by atoms with Gasteiger partial charge in [0.25, 0.3) is 5.91 Å². The number of benzene rings is 3. The third kappa shape index (κ3) is 3.91. The topological polar surface area (TPSA) is 135 Å². The van der Waals surface area contributed by atoms with E-state index < -0.39 is 16.5 Å². The van der Waals surface area contributed by atoms with Gasteiger partial charge in [-0.25, -0.2) is 9.97 Å². The van der Waals surface area contributed by atoms with Crippen molar-refractivity contribution in [2.24, 2.45) is 0 Å². The Kier molecular flexibility index (Phi) is 5.37. The molecule has 3 aromatic carbocycles. The molecule has 0 saturated heterocycles. The van der Waals surface area contributed by atoms with E-state index in [4.69, 9.17) is 0 Å². The molecule has 10 heteroatoms. The van der Waals surface area contributed by atoms with E-state index in [0.29, 0.717) is 16.8 Å². The van der Waals surface area contributed by atoms with Gasteiger partial charge in [-0.15, -0.1) is 0 Å². The fourth-order valence-electron chi connectivity index (χ4n) is 3.67. The standard InChI is InChI=1S/C24H17N7O3/c32-24(18-11-3-7-15-6-1-2-10-17(15)18)30-29-23-21(31(33)34)22(26-14-27-23)28-19-12-4-8-16-9-5-13-25-20(16)19/h1-14H,(H,30,32)(H2,26,27,28,29). The van der Waals surface area contributed by atoms with Crippen LogP contribution in [0.4, 0.5) is 23.0 Å². The summed E-state index contributed by atoms with van der Waals surface area (Å²) in [6.45, 7) is 0. The van der Waals surface area contributed by atoms with E-state index >= 15 is 0 Å². The minimum atomic E-state index is -0.618. The molecule has 2 aromatic heterocycles. The molecule has 3 N–H and O–H groups in total. The van der Waals surface area contributed by atoms with E-state index in [9.17, 15) is 14.9 Å². The Morgan fingerprint density at radius 2 is 1.56 bits per heavy atom. The van der Waals surface area contributed by atoms with Gasteiger partial charge in [0.1, 0.15) is 6.33 Å². The minimum Gasteiger partial charge on any atom is -0.332 e. The van der Waals surface area contributed by atoms with E-state index in [2.05, 4.69) is 31.1 Å². The molecule has 0 unspecified atom stereocenters. The van der Waals surface area contributed by atoms with Gasteiger partial charge in [0, 0.05) is 17.1 Å². The number of fused-ring (bicyclic) bond motifs is 2. The van der Waals surface area contributed by atoms with Gasteiger partial charge in [0.15, 0.2) is 0 Å². The van der Waals surface area contributed by atoms with Crippen molar-refractivity contribution < 1.29 is 9.72 Å². The molecule has 5 aromatic rings. The number of pyridine rings is 1. The fourth-order valence-corrected chi connectivity index (χ4v) is 3.67. The lowest BCUT2D eigenvalue weighted by atomic mass is 10.0. The first-order chi connectivity index (χ1) is 16.6. The number of nitro groups is 1. The Morgan fingerprint density at radius 3 is 2.44 bits per heavy atom. The molecule has 0 aliphatic carbocycles. The predicted octanol–water partition coefficient (Wildman–Crippen LogP) is 4.59. The van der Waals surface area contributed by atoms with Gasteiger partial charge >= 0.3 is 5.69 Å². The number of hydrazine groups is 1. The molecule has 0 aliphatic rings. The Hall–Kier alpha value is -5.12. The normalized spacial score (nSPS) is 10.7. The second kappa shape index (κ2) is 8.79. The third-order valence-corrected chi connectivity index (χ3v) is 5.22. The number of para-hydroxylation sites is 1. The maximum atomic E-state index is 12.8. The lowest BCUT2D eigenvalue weighted by Gasteiger charge is -2.12. The molecule has 1 amide bonds. The number of nitrogens with zero attached hydrogens (tertiary/aromatic N) is 4. The minimum absolute atomic E-state index is 0.0416. The number of carbonyl (C=O) groups is 1. The zero-order valence-corrected chi connectivity index (χ0v) is 17.6. The zero-order chi connectivity index (χ0) is 23.5. The molecule has 166 valence electrons. The fraction of sp³-hybridized carbons (Fsp3) is 0. The summed E-state index contributed by atoms with van der Waals surface area (Å²) >= 11 is 0. The molecule has 5 rings (SSSR count). The Morgan fingerprint density at radius 1 is 0.824 bits per heavy atom. The molecule has 2 heterocycles. The van der Waals surface area contributed by atoms with Gasteiger partial charge < -0.3 is 5.32 Å². The molecule has 0 radical (unpaired) electrons. The average molecular weight is 451 g/mol. The van der Waals surface area contributed by atoms with Gasteiger partial charge in [-0.05, 0) is 29.0 Å². The summed E-state index contributed by atoms with van der Waals surface area (Å²) in [5.74, 6) is -0.665. The van der Waals surface area contributed by atoms with Crippen molar-refractivity contribution in [3.8, 4) is 0 Å². The molecular weight excluding hydrogens is 434 g/mol. The first-order valence-electron chi connectivity index (χ1n) is 10.3. The van der Waals surface area contributed by atoms with Crippen molar-refractivity contribution in [2.75, 3.05) is 10.7 Å². The highest BCUT2D eigenvalue weighted by molar-refractivity contribution is 6.07. The Labute approximate surface area is 192 Å². The summed E-state index contributed by atoms with van der Waals surface area (Å²) in [6.07, 6.45) is 2.80. The predicted molar refractivity (Wildman–Crippen MR) is 129 cm³/mol. The quantitative estimate of drug-likeness (QED) is 0.252. The zero-order valence-electron chi connectivity index (χ0n) is 17.6. The molecule has 0 bridgehead atoms. The number of anilines is 3. The highest BCUT2D eigenvalue weighted by Gasteiger charge is 2.24. The number of hydrogen-bond acceptors (Lipinski definition) is 8. The van der Waals surface area contributed by atoms with Crippen LogP contribution in [0.2, 0.25) is 0 Å². The Balaban J connectivity index is 1.44. The first-order valence-corrected chi connectivity index (χ1v) is 10.3. The number of carbonyl (C=O) groups excluding carboxylic acids is 1. The summed E-state index contributed by atoms with van der Waals surface area (Å²) < 4.78 is 0. The van der Waals surface area contributed by atoms with E-state index in [0.717, 1.165) is 16.2 Å². The highest BCUT2D eigenvalue weighted by Crippen LogP contribution is 2.32. The SMILES string of the molecule is O=C(NNc1ncnc(Nc2cccc3cccnc23)c1[N+](=O)[O-])c1cccc2ccccc12. The maximum absolute atomic E-state index is 12.8. The monoisotopic (exact) mass is 451 g/mol. The largest absolute Gasteiger partial charge is 0.355 e. The van der Waals surface area contributed by atoms with Crippen molar-refractivity contribution in [2.45, 2.75) is 0 Å². The number of rotatable bonds is 6. The van der Waals surface area contributed by atoms with E-state index in [1.165, 1.54) is 6.33 Å². The van der Waals surface area contributed by atoms with Crippen molar-refractivity contribution >= 4 is 50.6 Å². The number of amides is 1. The summed E-state index contributed by atoms with van der Waals surface area (Å²) in [5, 5.41) is 17.4. The number of nitrogens with one attached hydrogen (secondary N) is 3. The van der Waals surface area contributed by atoms with E-state index in [-0.39, 0.29) is 11.6 Å². The second-order valence-corrected chi connectivity index (χ2v) is 7.29. The van der Waals surface area contributed by atoms with Crippen LogP contribution in [0.3, 0.4) is 0 Å². The third-order valence-electron chi connectivity index (χ3n) is 5.22. The van der Waals surface area contributed by atoms with Crippen LogP contribution in [0.1, 0.15) is 10.4 Å². The van der Waals surface area contributed by atoms with Crippen molar-refractivity contribution in [3.05, 3.63) is 101 Å². The van der Waals surface area contributed by atoms with Gasteiger partial charge in [-0.1, -0.05) is 54.6 Å².